The van der Waals surface area contributed by atoms with Crippen LogP contribution in [0.2, 0.25) is 0 Å². The molecule has 0 radical (unpaired) electrons. The van der Waals surface area contributed by atoms with E-state index < -0.39 is 5.41 Å². The molecule has 77 heavy (non-hydrogen) atoms. The van der Waals surface area contributed by atoms with E-state index in [1.807, 2.05) is 0 Å². The van der Waals surface area contributed by atoms with E-state index in [9.17, 15) is 0 Å². The first-order valence-corrected chi connectivity index (χ1v) is 26.8. The van der Waals surface area contributed by atoms with E-state index in [1.54, 1.807) is 0 Å². The van der Waals surface area contributed by atoms with Crippen LogP contribution in [0.1, 0.15) is 22.3 Å². The molecule has 0 saturated carbocycles. The first-order chi connectivity index (χ1) is 38.3. The normalized spacial score (nSPS) is 12.8. The molecule has 2 heteroatoms. The van der Waals surface area contributed by atoms with Crippen molar-refractivity contribution in [1.29, 1.82) is 0 Å². The zero-order chi connectivity index (χ0) is 50.6. The molecule has 0 unspecified atom stereocenters. The molecule has 0 bridgehead atoms. The molecule has 0 atom stereocenters. The van der Waals surface area contributed by atoms with Crippen molar-refractivity contribution in [1.82, 2.24) is 9.13 Å². The molecule has 0 spiro atoms. The van der Waals surface area contributed by atoms with E-state index in [2.05, 4.69) is 300 Å². The second-order valence-corrected chi connectivity index (χ2v) is 20.6. The lowest BCUT2D eigenvalue weighted by atomic mass is 9.67. The Labute approximate surface area is 446 Å². The topological polar surface area (TPSA) is 9.86 Å². The summed E-state index contributed by atoms with van der Waals surface area (Å²) in [4.78, 5) is 0. The van der Waals surface area contributed by atoms with Crippen LogP contribution in [0.4, 0.5) is 0 Å². The van der Waals surface area contributed by atoms with Crippen LogP contribution in [0.25, 0.3) is 121 Å². The van der Waals surface area contributed by atoms with E-state index in [0.717, 1.165) is 11.4 Å². The maximum Gasteiger partial charge on any atom is 0.0713 e. The Balaban J connectivity index is 1.04. The number of aromatic nitrogens is 2. The van der Waals surface area contributed by atoms with Gasteiger partial charge in [0.25, 0.3) is 0 Å². The van der Waals surface area contributed by atoms with Gasteiger partial charge in [0.15, 0.2) is 0 Å². The van der Waals surface area contributed by atoms with Crippen LogP contribution in [-0.4, -0.2) is 9.13 Å². The molecule has 2 nitrogen and oxygen atoms in total. The number of hydrogen-bond acceptors (Lipinski definition) is 0. The summed E-state index contributed by atoms with van der Waals surface area (Å²) in [6.45, 7) is 0. The molecule has 0 N–H and O–H groups in total. The van der Waals surface area contributed by atoms with E-state index >= 15 is 0 Å². The van der Waals surface area contributed by atoms with Crippen molar-refractivity contribution in [2.24, 2.45) is 0 Å². The van der Waals surface area contributed by atoms with Gasteiger partial charge in [-0.2, -0.15) is 0 Å². The molecular weight excluding hydrogens is 929 g/mol. The molecule has 1 aliphatic rings. The second kappa shape index (κ2) is 17.0. The lowest BCUT2D eigenvalue weighted by molar-refractivity contribution is 0.768. The minimum absolute atomic E-state index is 0.500. The molecule has 0 amide bonds. The number of rotatable bonds is 7. The third kappa shape index (κ3) is 6.24. The molecule has 0 saturated heterocycles. The van der Waals surface area contributed by atoms with Crippen molar-refractivity contribution in [2.75, 3.05) is 0 Å². The van der Waals surface area contributed by atoms with E-state index in [-0.39, 0.29) is 0 Å². The summed E-state index contributed by atoms with van der Waals surface area (Å²) in [6, 6.07) is 108. The predicted molar refractivity (Wildman–Crippen MR) is 324 cm³/mol. The molecule has 0 aliphatic heterocycles. The first kappa shape index (κ1) is 43.4. The van der Waals surface area contributed by atoms with E-state index in [0.29, 0.717) is 0 Å². The van der Waals surface area contributed by atoms with Gasteiger partial charge in [0.05, 0.1) is 27.5 Å². The van der Waals surface area contributed by atoms with Gasteiger partial charge in [0.1, 0.15) is 0 Å². The van der Waals surface area contributed by atoms with E-state index in [4.69, 9.17) is 0 Å². The van der Waals surface area contributed by atoms with Crippen molar-refractivity contribution < 1.29 is 0 Å². The summed E-state index contributed by atoms with van der Waals surface area (Å²) >= 11 is 0. The third-order valence-corrected chi connectivity index (χ3v) is 16.8. The summed E-state index contributed by atoms with van der Waals surface area (Å²) in [6.07, 6.45) is 0. The molecule has 0 fully saturated rings. The zero-order valence-electron chi connectivity index (χ0n) is 42.1. The van der Waals surface area contributed by atoms with Gasteiger partial charge in [-0.25, -0.2) is 0 Å². The highest BCUT2D eigenvalue weighted by atomic mass is 15.0. The number of hydrogen-bond donors (Lipinski definition) is 0. The summed E-state index contributed by atoms with van der Waals surface area (Å²) in [7, 11) is 0. The van der Waals surface area contributed by atoms with E-state index in [1.165, 1.54) is 132 Å². The highest BCUT2D eigenvalue weighted by molar-refractivity contribution is 6.23. The van der Waals surface area contributed by atoms with Crippen LogP contribution in [0.15, 0.2) is 291 Å². The number of nitrogens with zero attached hydrogens (tertiary/aromatic N) is 2. The number of fused-ring (bicyclic) bond motifs is 11. The lowest BCUT2D eigenvalue weighted by Gasteiger charge is -2.33. The Morgan fingerprint density at radius 2 is 0.623 bits per heavy atom. The molecular formula is C75H48N2. The molecule has 2 aromatic heterocycles. The minimum Gasteiger partial charge on any atom is -0.309 e. The molecule has 1 aliphatic carbocycles. The fourth-order valence-electron chi connectivity index (χ4n) is 13.7. The molecule has 2 heterocycles. The Morgan fingerprint density at radius 1 is 0.234 bits per heavy atom. The van der Waals surface area contributed by atoms with Gasteiger partial charge in [0.2, 0.25) is 0 Å². The maximum absolute atomic E-state index is 2.51. The molecule has 358 valence electrons. The fourth-order valence-corrected chi connectivity index (χ4v) is 13.7. The average molecular weight is 977 g/mol. The number of benzene rings is 13. The van der Waals surface area contributed by atoms with Crippen molar-refractivity contribution in [3.63, 3.8) is 0 Å². The second-order valence-electron chi connectivity index (χ2n) is 20.6. The quantitative estimate of drug-likeness (QED) is 0.141. The lowest BCUT2D eigenvalue weighted by Crippen LogP contribution is -2.28. The van der Waals surface area contributed by atoms with Crippen molar-refractivity contribution in [3.8, 4) is 55.9 Å². The standard InChI is InChI=1S/C75H48N2/c1-5-23-50(24-6-1)75(51-25-7-2-8-26-51)68-42-16-13-31-56(68)67-47-49(45-46-69(67)75)72-59-36-19-34-54(61-38-21-40-63-57-32-14-17-43-70(57)76(73(61)63)52-27-9-3-10-28-52)65(59)48-66-55(35-20-37-60(66)72)62-39-22-41-64-58-33-15-18-44-71(58)77(74(62)64)53-29-11-4-12-30-53/h1-48H. The Morgan fingerprint density at radius 3 is 1.14 bits per heavy atom. The SMILES string of the molecule is c1ccc(-n2c3ccccc3c3cccc(-c4cccc5c(-c6ccc7c(c6)-c6ccccc6C7(c6ccccc6)c6ccccc6)c6cccc(-c7cccc8c9ccccc9n(-c9ccccc9)c78)c6cc45)c32)cc1. The Kier molecular flexibility index (Phi) is 9.58. The van der Waals surface area contributed by atoms with Crippen LogP contribution in [0.3, 0.4) is 0 Å². The fraction of sp³-hybridized carbons (Fsp3) is 0.0133. The molecule has 13 aromatic carbocycles. The van der Waals surface area contributed by atoms with Gasteiger partial charge in [-0.3, -0.25) is 0 Å². The van der Waals surface area contributed by atoms with Gasteiger partial charge < -0.3 is 9.13 Å². The van der Waals surface area contributed by atoms with Crippen LogP contribution in [-0.2, 0) is 5.41 Å². The predicted octanol–water partition coefficient (Wildman–Crippen LogP) is 19.6. The van der Waals surface area contributed by atoms with Gasteiger partial charge in [-0.05, 0) is 126 Å². The van der Waals surface area contributed by atoms with Crippen LogP contribution in [0.5, 0.6) is 0 Å². The third-order valence-electron chi connectivity index (χ3n) is 16.8. The highest BCUT2D eigenvalue weighted by Gasteiger charge is 2.46. The largest absolute Gasteiger partial charge is 0.309 e. The van der Waals surface area contributed by atoms with Crippen LogP contribution >= 0.6 is 0 Å². The molecule has 16 rings (SSSR count). The first-order valence-electron chi connectivity index (χ1n) is 26.8. The van der Waals surface area contributed by atoms with Crippen molar-refractivity contribution in [2.45, 2.75) is 5.41 Å². The van der Waals surface area contributed by atoms with Crippen LogP contribution in [0, 0.1) is 0 Å². The van der Waals surface area contributed by atoms with Crippen molar-refractivity contribution >= 4 is 65.2 Å². The van der Waals surface area contributed by atoms with Crippen molar-refractivity contribution in [3.05, 3.63) is 313 Å². The zero-order valence-corrected chi connectivity index (χ0v) is 42.1. The minimum atomic E-state index is -0.500. The maximum atomic E-state index is 2.51. The summed E-state index contributed by atoms with van der Waals surface area (Å²) in [5, 5.41) is 9.79. The van der Waals surface area contributed by atoms with Crippen LogP contribution < -0.4 is 0 Å². The average Bonchev–Trinajstić information content (AvgIpc) is 4.37. The monoisotopic (exact) mass is 976 g/mol. The van der Waals surface area contributed by atoms with Gasteiger partial charge >= 0.3 is 0 Å². The summed E-state index contributed by atoms with van der Waals surface area (Å²) < 4.78 is 4.94. The van der Waals surface area contributed by atoms with Gasteiger partial charge in [0, 0.05) is 44.0 Å². The smallest absolute Gasteiger partial charge is 0.0713 e. The summed E-state index contributed by atoms with van der Waals surface area (Å²) in [5.41, 5.74) is 21.4. The van der Waals surface area contributed by atoms with Gasteiger partial charge in [-0.1, -0.05) is 243 Å². The Bertz CT molecular complexity index is 4580. The summed E-state index contributed by atoms with van der Waals surface area (Å²) in [5.74, 6) is 0. The molecule has 15 aromatic rings. The Hall–Kier alpha value is -10.0. The van der Waals surface area contributed by atoms with Gasteiger partial charge in [-0.15, -0.1) is 0 Å². The number of para-hydroxylation sites is 6. The highest BCUT2D eigenvalue weighted by Crippen LogP contribution is 2.57.